The first-order valence-electron chi connectivity index (χ1n) is 10.5. The zero-order valence-electron chi connectivity index (χ0n) is 16.1. The van der Waals surface area contributed by atoms with E-state index in [1.54, 1.807) is 6.20 Å². The molecule has 1 aromatic rings. The second-order valence-corrected chi connectivity index (χ2v) is 8.05. The minimum atomic E-state index is -0.232. The molecule has 146 valence electrons. The van der Waals surface area contributed by atoms with Crippen LogP contribution in [0.15, 0.2) is 24.5 Å². The number of pyridine rings is 1. The number of hydrogen-bond acceptors (Lipinski definition) is 4. The van der Waals surface area contributed by atoms with E-state index in [0.29, 0.717) is 0 Å². The molecule has 0 N–H and O–H groups in total. The number of anilines is 1. The minimum absolute atomic E-state index is 0.148. The van der Waals surface area contributed by atoms with Crippen LogP contribution in [-0.2, 0) is 9.59 Å². The van der Waals surface area contributed by atoms with E-state index in [1.807, 2.05) is 22.1 Å². The number of aromatic nitrogens is 1. The summed E-state index contributed by atoms with van der Waals surface area (Å²) < 4.78 is 0. The molecule has 4 rings (SSSR count). The van der Waals surface area contributed by atoms with Gasteiger partial charge in [0, 0.05) is 44.8 Å². The van der Waals surface area contributed by atoms with E-state index in [0.717, 1.165) is 76.9 Å². The monoisotopic (exact) mass is 370 g/mol. The normalized spacial score (nSPS) is 24.3. The van der Waals surface area contributed by atoms with E-state index >= 15 is 0 Å². The number of amides is 2. The van der Waals surface area contributed by atoms with Gasteiger partial charge in [-0.15, -0.1) is 0 Å². The quantitative estimate of drug-likeness (QED) is 0.819. The third kappa shape index (κ3) is 3.94. The number of rotatable bonds is 3. The second kappa shape index (κ2) is 8.28. The fourth-order valence-corrected chi connectivity index (χ4v) is 4.81. The molecule has 0 bridgehead atoms. The molecule has 0 unspecified atom stereocenters. The zero-order chi connectivity index (χ0) is 18.6. The van der Waals surface area contributed by atoms with Crippen LogP contribution < -0.4 is 4.90 Å². The highest BCUT2D eigenvalue weighted by Crippen LogP contribution is 2.29. The van der Waals surface area contributed by atoms with Crippen molar-refractivity contribution in [3.8, 4) is 0 Å². The van der Waals surface area contributed by atoms with Crippen LogP contribution in [0, 0.1) is 5.92 Å². The maximum absolute atomic E-state index is 13.1. The summed E-state index contributed by atoms with van der Waals surface area (Å²) in [6.45, 7) is 3.83. The molecule has 27 heavy (non-hydrogen) atoms. The van der Waals surface area contributed by atoms with Gasteiger partial charge in [-0.1, -0.05) is 19.3 Å². The Kier molecular flexibility index (Phi) is 5.60. The van der Waals surface area contributed by atoms with E-state index < -0.39 is 0 Å². The van der Waals surface area contributed by atoms with Crippen LogP contribution in [0.5, 0.6) is 0 Å². The molecule has 0 spiro atoms. The summed E-state index contributed by atoms with van der Waals surface area (Å²) in [5.41, 5.74) is 1.11. The first-order valence-corrected chi connectivity index (χ1v) is 10.5. The summed E-state index contributed by atoms with van der Waals surface area (Å²) in [5, 5.41) is 0. The van der Waals surface area contributed by atoms with E-state index in [9.17, 15) is 9.59 Å². The topological polar surface area (TPSA) is 56.8 Å². The molecule has 1 saturated carbocycles. The lowest BCUT2D eigenvalue weighted by molar-refractivity contribution is -0.146. The molecule has 0 aromatic carbocycles. The van der Waals surface area contributed by atoms with Crippen molar-refractivity contribution in [3.05, 3.63) is 24.5 Å². The van der Waals surface area contributed by atoms with E-state index in [4.69, 9.17) is 0 Å². The molecule has 6 nitrogen and oxygen atoms in total. The Hall–Kier alpha value is -2.11. The third-order valence-electron chi connectivity index (χ3n) is 6.38. The van der Waals surface area contributed by atoms with Gasteiger partial charge < -0.3 is 14.7 Å². The van der Waals surface area contributed by atoms with Crippen molar-refractivity contribution in [2.75, 3.05) is 37.6 Å². The molecule has 6 heteroatoms. The lowest BCUT2D eigenvalue weighted by Crippen LogP contribution is -2.55. The number of hydrogen-bond donors (Lipinski definition) is 0. The molecule has 3 fully saturated rings. The zero-order valence-corrected chi connectivity index (χ0v) is 16.1. The number of nitrogens with zero attached hydrogens (tertiary/aromatic N) is 4. The number of carbonyl (C=O) groups excluding carboxylic acids is 2. The maximum Gasteiger partial charge on any atom is 0.245 e. The summed E-state index contributed by atoms with van der Waals surface area (Å²) in [6, 6.07) is 3.77. The van der Waals surface area contributed by atoms with Crippen molar-refractivity contribution in [1.29, 1.82) is 0 Å². The highest BCUT2D eigenvalue weighted by atomic mass is 16.2. The minimum Gasteiger partial charge on any atom is -0.367 e. The van der Waals surface area contributed by atoms with Crippen molar-refractivity contribution in [2.24, 2.45) is 5.92 Å². The largest absolute Gasteiger partial charge is 0.367 e. The van der Waals surface area contributed by atoms with Crippen molar-refractivity contribution in [3.63, 3.8) is 0 Å². The first kappa shape index (κ1) is 18.3. The highest BCUT2D eigenvalue weighted by Gasteiger charge is 2.39. The molecule has 3 heterocycles. The Morgan fingerprint density at radius 2 is 1.67 bits per heavy atom. The second-order valence-electron chi connectivity index (χ2n) is 8.05. The molecule has 2 saturated heterocycles. The molecule has 0 radical (unpaired) electrons. The Labute approximate surface area is 161 Å². The molecule has 1 aliphatic carbocycles. The van der Waals surface area contributed by atoms with Crippen molar-refractivity contribution in [1.82, 2.24) is 14.8 Å². The molecule has 1 aromatic heterocycles. The number of carbonyl (C=O) groups is 2. The molecular formula is C21H30N4O2. The summed E-state index contributed by atoms with van der Waals surface area (Å²) in [6.07, 6.45) is 11.0. The van der Waals surface area contributed by atoms with Gasteiger partial charge in [-0.05, 0) is 37.8 Å². The Morgan fingerprint density at radius 1 is 0.889 bits per heavy atom. The number of likely N-dealkylation sites (tertiary alicyclic amines) is 1. The Bertz CT molecular complexity index is 651. The maximum atomic E-state index is 13.1. The van der Waals surface area contributed by atoms with Crippen LogP contribution in [0.25, 0.3) is 0 Å². The predicted molar refractivity (Wildman–Crippen MR) is 104 cm³/mol. The highest BCUT2D eigenvalue weighted by molar-refractivity contribution is 5.89. The van der Waals surface area contributed by atoms with E-state index in [2.05, 4.69) is 16.0 Å². The summed E-state index contributed by atoms with van der Waals surface area (Å²) in [4.78, 5) is 36.4. The fourth-order valence-electron chi connectivity index (χ4n) is 4.81. The van der Waals surface area contributed by atoms with Gasteiger partial charge in [-0.25, -0.2) is 0 Å². The van der Waals surface area contributed by atoms with Gasteiger partial charge in [0.2, 0.25) is 11.8 Å². The van der Waals surface area contributed by atoms with Gasteiger partial charge >= 0.3 is 0 Å². The van der Waals surface area contributed by atoms with Crippen molar-refractivity contribution in [2.45, 2.75) is 51.0 Å². The van der Waals surface area contributed by atoms with Gasteiger partial charge in [0.15, 0.2) is 0 Å². The van der Waals surface area contributed by atoms with E-state index in [-0.39, 0.29) is 23.8 Å². The fraction of sp³-hybridized carbons (Fsp3) is 0.667. The summed E-state index contributed by atoms with van der Waals surface area (Å²) in [7, 11) is 0. The van der Waals surface area contributed by atoms with Crippen molar-refractivity contribution >= 4 is 17.5 Å². The average Bonchev–Trinajstić information content (AvgIpc) is 3.24. The summed E-state index contributed by atoms with van der Waals surface area (Å²) >= 11 is 0. The van der Waals surface area contributed by atoms with Crippen LogP contribution in [0.1, 0.15) is 44.9 Å². The van der Waals surface area contributed by atoms with Crippen LogP contribution in [0.2, 0.25) is 0 Å². The third-order valence-corrected chi connectivity index (χ3v) is 6.38. The lowest BCUT2D eigenvalue weighted by atomic mass is 9.88. The molecular weight excluding hydrogens is 340 g/mol. The molecule has 3 aliphatic rings. The predicted octanol–water partition coefficient (Wildman–Crippen LogP) is 2.30. The lowest BCUT2D eigenvalue weighted by Gasteiger charge is -2.38. The molecule has 1 atom stereocenters. The Morgan fingerprint density at radius 3 is 2.37 bits per heavy atom. The first-order chi connectivity index (χ1) is 13.2. The van der Waals surface area contributed by atoms with Gasteiger partial charge in [-0.3, -0.25) is 14.6 Å². The van der Waals surface area contributed by atoms with Crippen LogP contribution >= 0.6 is 0 Å². The SMILES string of the molecule is O=C([C@@H]1CCCN1C(=O)C1CCCCC1)N1CCN(c2cccnc2)CC1. The number of piperazine rings is 1. The van der Waals surface area contributed by atoms with Crippen molar-refractivity contribution < 1.29 is 9.59 Å². The Balaban J connectivity index is 1.35. The average molecular weight is 370 g/mol. The van der Waals surface area contributed by atoms with Gasteiger partial charge in [-0.2, -0.15) is 0 Å². The van der Waals surface area contributed by atoms with Gasteiger partial charge in [0.1, 0.15) is 6.04 Å². The van der Waals surface area contributed by atoms with Crippen LogP contribution in [0.4, 0.5) is 5.69 Å². The molecule has 2 amide bonds. The molecule has 2 aliphatic heterocycles. The van der Waals surface area contributed by atoms with Gasteiger partial charge in [0.25, 0.3) is 0 Å². The van der Waals surface area contributed by atoms with E-state index in [1.165, 1.54) is 6.42 Å². The summed E-state index contributed by atoms with van der Waals surface area (Å²) in [5.74, 6) is 0.539. The van der Waals surface area contributed by atoms with Gasteiger partial charge in [0.05, 0.1) is 11.9 Å². The standard InChI is InChI=1S/C21H30N4O2/c26-20(17-6-2-1-3-7-17)25-11-5-9-19(25)21(27)24-14-12-23(13-15-24)18-8-4-10-22-16-18/h4,8,10,16-17,19H,1-3,5-7,9,11-15H2/t19-/m0/s1. The smallest absolute Gasteiger partial charge is 0.245 e. The van der Waals surface area contributed by atoms with Crippen LogP contribution in [0.3, 0.4) is 0 Å². The van der Waals surface area contributed by atoms with Crippen LogP contribution in [-0.4, -0.2) is 65.4 Å².